The summed E-state index contributed by atoms with van der Waals surface area (Å²) in [6.45, 7) is 2.20. The van der Waals surface area contributed by atoms with Gasteiger partial charge in [0.2, 0.25) is 5.91 Å². The van der Waals surface area contributed by atoms with E-state index in [1.165, 1.54) is 6.92 Å². The van der Waals surface area contributed by atoms with Gasteiger partial charge in [0.25, 0.3) is 5.91 Å². The zero-order valence-electron chi connectivity index (χ0n) is 14.3. The smallest absolute Gasteiger partial charge is 0.253 e. The Labute approximate surface area is 151 Å². The number of carbonyl (C=O) groups is 2. The van der Waals surface area contributed by atoms with Crippen molar-refractivity contribution in [1.82, 2.24) is 25.4 Å². The summed E-state index contributed by atoms with van der Waals surface area (Å²) in [4.78, 5) is 27.8. The van der Waals surface area contributed by atoms with Crippen molar-refractivity contribution in [3.8, 4) is 5.69 Å². The van der Waals surface area contributed by atoms with Gasteiger partial charge in [-0.25, -0.2) is 4.68 Å². The van der Waals surface area contributed by atoms with Gasteiger partial charge in [-0.15, -0.1) is 0 Å². The highest BCUT2D eigenvalue weighted by Gasteiger charge is 2.13. The highest BCUT2D eigenvalue weighted by atomic mass is 16.2. The van der Waals surface area contributed by atoms with Crippen molar-refractivity contribution in [1.29, 1.82) is 0 Å². The van der Waals surface area contributed by atoms with E-state index in [4.69, 9.17) is 0 Å². The predicted octanol–water partition coefficient (Wildman–Crippen LogP) is 1.83. The number of rotatable bonds is 6. The molecule has 0 bridgehead atoms. The van der Waals surface area contributed by atoms with Crippen LogP contribution in [0.2, 0.25) is 0 Å². The zero-order valence-corrected chi connectivity index (χ0v) is 14.3. The lowest BCUT2D eigenvalue weighted by atomic mass is 10.1. The number of hydrogen-bond acceptors (Lipinski definition) is 4. The summed E-state index contributed by atoms with van der Waals surface area (Å²) >= 11 is 0. The first kappa shape index (κ1) is 17.3. The van der Waals surface area contributed by atoms with E-state index in [1.54, 1.807) is 35.4 Å². The van der Waals surface area contributed by atoms with Crippen molar-refractivity contribution in [3.05, 3.63) is 77.9 Å². The summed E-state index contributed by atoms with van der Waals surface area (Å²) in [7, 11) is 0. The first-order chi connectivity index (χ1) is 12.6. The number of benzene rings is 1. The average molecular weight is 349 g/mol. The van der Waals surface area contributed by atoms with E-state index in [0.29, 0.717) is 24.3 Å². The molecule has 2 heterocycles. The van der Waals surface area contributed by atoms with Crippen molar-refractivity contribution >= 4 is 11.8 Å². The predicted molar refractivity (Wildman–Crippen MR) is 96.5 cm³/mol. The normalized spacial score (nSPS) is 10.3. The molecule has 7 heteroatoms. The molecule has 26 heavy (non-hydrogen) atoms. The second-order valence-electron chi connectivity index (χ2n) is 5.72. The third-order valence-corrected chi connectivity index (χ3v) is 3.73. The molecule has 0 saturated carbocycles. The van der Waals surface area contributed by atoms with Crippen molar-refractivity contribution in [2.45, 2.75) is 20.0 Å². The minimum atomic E-state index is -0.204. The van der Waals surface area contributed by atoms with Crippen LogP contribution in [0.5, 0.6) is 0 Å². The maximum Gasteiger partial charge on any atom is 0.253 e. The van der Waals surface area contributed by atoms with Crippen molar-refractivity contribution in [2.24, 2.45) is 0 Å². The minimum Gasteiger partial charge on any atom is -0.352 e. The monoisotopic (exact) mass is 349 g/mol. The Kier molecular flexibility index (Phi) is 5.38. The molecule has 1 aromatic carbocycles. The SMILES string of the molecule is CC(=O)NCc1cnn(-c2ccccc2C(=O)NCc2ccccn2)c1. The van der Waals surface area contributed by atoms with E-state index in [2.05, 4.69) is 20.7 Å². The van der Waals surface area contributed by atoms with Crippen LogP contribution in [0.1, 0.15) is 28.5 Å². The van der Waals surface area contributed by atoms with Crippen LogP contribution < -0.4 is 10.6 Å². The number of amides is 2. The van der Waals surface area contributed by atoms with Crippen LogP contribution in [0.3, 0.4) is 0 Å². The Hall–Kier alpha value is -3.48. The molecular weight excluding hydrogens is 330 g/mol. The van der Waals surface area contributed by atoms with Gasteiger partial charge in [0.05, 0.1) is 29.7 Å². The average Bonchev–Trinajstić information content (AvgIpc) is 3.14. The third-order valence-electron chi connectivity index (χ3n) is 3.73. The number of carbonyl (C=O) groups excluding carboxylic acids is 2. The van der Waals surface area contributed by atoms with Crippen molar-refractivity contribution in [3.63, 3.8) is 0 Å². The summed E-state index contributed by atoms with van der Waals surface area (Å²) in [6.07, 6.45) is 5.15. The van der Waals surface area contributed by atoms with Crippen LogP contribution >= 0.6 is 0 Å². The topological polar surface area (TPSA) is 88.9 Å². The summed E-state index contributed by atoms with van der Waals surface area (Å²) in [5.41, 5.74) is 2.82. The second-order valence-corrected chi connectivity index (χ2v) is 5.72. The van der Waals surface area contributed by atoms with Crippen LogP contribution in [-0.4, -0.2) is 26.6 Å². The van der Waals surface area contributed by atoms with Gasteiger partial charge in [0, 0.05) is 31.4 Å². The third kappa shape index (κ3) is 4.32. The van der Waals surface area contributed by atoms with E-state index in [0.717, 1.165) is 11.3 Å². The van der Waals surface area contributed by atoms with E-state index < -0.39 is 0 Å². The maximum atomic E-state index is 12.6. The van der Waals surface area contributed by atoms with E-state index in [9.17, 15) is 9.59 Å². The molecule has 0 unspecified atom stereocenters. The first-order valence-electron chi connectivity index (χ1n) is 8.19. The van der Waals surface area contributed by atoms with Gasteiger partial charge in [-0.3, -0.25) is 14.6 Å². The number of nitrogens with zero attached hydrogens (tertiary/aromatic N) is 3. The van der Waals surface area contributed by atoms with Gasteiger partial charge in [-0.2, -0.15) is 5.10 Å². The molecule has 132 valence electrons. The molecule has 0 fully saturated rings. The Bertz CT molecular complexity index is 905. The molecule has 0 aliphatic rings. The highest BCUT2D eigenvalue weighted by molar-refractivity contribution is 5.97. The van der Waals surface area contributed by atoms with Crippen molar-refractivity contribution in [2.75, 3.05) is 0 Å². The summed E-state index contributed by atoms with van der Waals surface area (Å²) in [5.74, 6) is -0.308. The summed E-state index contributed by atoms with van der Waals surface area (Å²) in [6, 6.07) is 12.8. The van der Waals surface area contributed by atoms with Gasteiger partial charge < -0.3 is 10.6 Å². The molecule has 0 aliphatic carbocycles. The van der Waals surface area contributed by atoms with Crippen LogP contribution in [-0.2, 0) is 17.9 Å². The van der Waals surface area contributed by atoms with E-state index >= 15 is 0 Å². The molecule has 0 atom stereocenters. The van der Waals surface area contributed by atoms with Gasteiger partial charge in [-0.1, -0.05) is 18.2 Å². The number of hydrogen-bond donors (Lipinski definition) is 2. The Morgan fingerprint density at radius 1 is 1.04 bits per heavy atom. The van der Waals surface area contributed by atoms with E-state index in [1.807, 2.05) is 30.3 Å². The largest absolute Gasteiger partial charge is 0.352 e. The lowest BCUT2D eigenvalue weighted by molar-refractivity contribution is -0.119. The Balaban J connectivity index is 1.75. The number of para-hydroxylation sites is 1. The summed E-state index contributed by atoms with van der Waals surface area (Å²) < 4.78 is 1.63. The molecule has 2 aromatic heterocycles. The molecule has 2 N–H and O–H groups in total. The maximum absolute atomic E-state index is 12.6. The van der Waals surface area contributed by atoms with Crippen LogP contribution in [0.25, 0.3) is 5.69 Å². The van der Waals surface area contributed by atoms with Gasteiger partial charge in [0.15, 0.2) is 0 Å². The quantitative estimate of drug-likeness (QED) is 0.711. The molecule has 0 spiro atoms. The van der Waals surface area contributed by atoms with Gasteiger partial charge in [0.1, 0.15) is 0 Å². The van der Waals surface area contributed by atoms with Crippen LogP contribution in [0.4, 0.5) is 0 Å². The highest BCUT2D eigenvalue weighted by Crippen LogP contribution is 2.15. The van der Waals surface area contributed by atoms with Crippen molar-refractivity contribution < 1.29 is 9.59 Å². The number of aromatic nitrogens is 3. The molecule has 0 saturated heterocycles. The first-order valence-corrected chi connectivity index (χ1v) is 8.19. The van der Waals surface area contributed by atoms with Crippen LogP contribution in [0, 0.1) is 0 Å². The molecule has 2 amide bonds. The fourth-order valence-corrected chi connectivity index (χ4v) is 2.44. The lowest BCUT2D eigenvalue weighted by Crippen LogP contribution is -2.24. The number of pyridine rings is 1. The number of nitrogens with one attached hydrogen (secondary N) is 2. The fraction of sp³-hybridized carbons (Fsp3) is 0.158. The lowest BCUT2D eigenvalue weighted by Gasteiger charge is -2.10. The molecular formula is C19H19N5O2. The Morgan fingerprint density at radius 2 is 1.85 bits per heavy atom. The van der Waals surface area contributed by atoms with E-state index in [-0.39, 0.29) is 11.8 Å². The summed E-state index contributed by atoms with van der Waals surface area (Å²) in [5, 5.41) is 9.90. The fourth-order valence-electron chi connectivity index (χ4n) is 2.44. The Morgan fingerprint density at radius 3 is 2.62 bits per heavy atom. The second kappa shape index (κ2) is 8.06. The minimum absolute atomic E-state index is 0.105. The van der Waals surface area contributed by atoms with Crippen LogP contribution in [0.15, 0.2) is 61.1 Å². The zero-order chi connectivity index (χ0) is 18.4. The molecule has 0 aliphatic heterocycles. The molecule has 7 nitrogen and oxygen atoms in total. The molecule has 0 radical (unpaired) electrons. The van der Waals surface area contributed by atoms with Gasteiger partial charge >= 0.3 is 0 Å². The molecule has 3 rings (SSSR count). The molecule has 3 aromatic rings. The standard InChI is InChI=1S/C19H19N5O2/c1-14(25)21-10-15-11-23-24(13-15)18-8-3-2-7-17(18)19(26)22-12-16-6-4-5-9-20-16/h2-9,11,13H,10,12H2,1H3,(H,21,25)(H,22,26). The van der Waals surface area contributed by atoms with Gasteiger partial charge in [-0.05, 0) is 24.3 Å².